The zero-order valence-corrected chi connectivity index (χ0v) is 17.7. The number of hydrogen-bond acceptors (Lipinski definition) is 4. The number of hydrogen-bond donors (Lipinski definition) is 2. The molecular formula is C22H28N4O2S. The number of anilines is 1. The fourth-order valence-corrected chi connectivity index (χ4v) is 5.24. The number of sulfonamides is 1. The maximum Gasteiger partial charge on any atom is 0.240 e. The molecule has 0 amide bonds. The first kappa shape index (κ1) is 19.9. The first-order valence-corrected chi connectivity index (χ1v) is 11.5. The average molecular weight is 413 g/mol. The topological polar surface area (TPSA) is 66.4 Å². The van der Waals surface area contributed by atoms with Crippen molar-refractivity contribution in [2.24, 2.45) is 7.05 Å². The van der Waals surface area contributed by atoms with Gasteiger partial charge in [0, 0.05) is 43.4 Å². The monoisotopic (exact) mass is 412 g/mol. The van der Waals surface area contributed by atoms with E-state index in [0.717, 1.165) is 37.1 Å². The van der Waals surface area contributed by atoms with Crippen LogP contribution in [0, 0.1) is 0 Å². The van der Waals surface area contributed by atoms with Gasteiger partial charge in [-0.1, -0.05) is 18.2 Å². The summed E-state index contributed by atoms with van der Waals surface area (Å²) in [4.78, 5) is 2.68. The molecule has 0 radical (unpaired) electrons. The minimum absolute atomic E-state index is 0.00922. The first-order chi connectivity index (χ1) is 14.0. The second-order valence-corrected chi connectivity index (χ2v) is 9.36. The third-order valence-corrected chi connectivity index (χ3v) is 7.23. The fourth-order valence-electron chi connectivity index (χ4n) is 4.20. The van der Waals surface area contributed by atoms with E-state index in [0.29, 0.717) is 6.54 Å². The van der Waals surface area contributed by atoms with Gasteiger partial charge in [-0.15, -0.1) is 0 Å². The summed E-state index contributed by atoms with van der Waals surface area (Å²) in [5.74, 6) is 0. The van der Waals surface area contributed by atoms with Crippen LogP contribution in [0.4, 0.5) is 5.69 Å². The molecule has 0 spiro atoms. The van der Waals surface area contributed by atoms with Crippen LogP contribution in [0.3, 0.4) is 0 Å². The molecule has 0 saturated carbocycles. The van der Waals surface area contributed by atoms with Gasteiger partial charge in [0.05, 0.1) is 10.9 Å². The molecule has 1 unspecified atom stereocenters. The largest absolute Gasteiger partial charge is 0.388 e. The summed E-state index contributed by atoms with van der Waals surface area (Å²) in [7, 11) is 0.279. The van der Waals surface area contributed by atoms with Crippen LogP contribution in [0.5, 0.6) is 0 Å². The van der Waals surface area contributed by atoms with Crippen molar-refractivity contribution < 1.29 is 8.42 Å². The minimum Gasteiger partial charge on any atom is -0.388 e. The number of benzene rings is 2. The normalized spacial score (nSPS) is 16.3. The van der Waals surface area contributed by atoms with Crippen LogP contribution >= 0.6 is 0 Å². The van der Waals surface area contributed by atoms with Gasteiger partial charge in [0.25, 0.3) is 0 Å². The maximum atomic E-state index is 12.9. The highest BCUT2D eigenvalue weighted by Gasteiger charge is 2.28. The molecule has 1 aromatic heterocycles. The average Bonchev–Trinajstić information content (AvgIpc) is 3.38. The Bertz CT molecular complexity index is 1080. The van der Waals surface area contributed by atoms with E-state index < -0.39 is 10.0 Å². The molecule has 1 aliphatic heterocycles. The number of rotatable bonds is 7. The van der Waals surface area contributed by atoms with Crippen molar-refractivity contribution in [3.63, 3.8) is 0 Å². The van der Waals surface area contributed by atoms with Crippen molar-refractivity contribution >= 4 is 26.6 Å². The van der Waals surface area contributed by atoms with Gasteiger partial charge in [-0.3, -0.25) is 4.90 Å². The predicted molar refractivity (Wildman–Crippen MR) is 118 cm³/mol. The molecule has 2 N–H and O–H groups in total. The second kappa shape index (κ2) is 8.18. The molecule has 2 heterocycles. The van der Waals surface area contributed by atoms with Crippen LogP contribution in [-0.2, 0) is 17.1 Å². The van der Waals surface area contributed by atoms with E-state index in [9.17, 15) is 8.42 Å². The Kier molecular flexibility index (Phi) is 5.63. The number of nitrogens with one attached hydrogen (secondary N) is 2. The maximum absolute atomic E-state index is 12.9. The van der Waals surface area contributed by atoms with Crippen molar-refractivity contribution in [1.29, 1.82) is 0 Å². The Morgan fingerprint density at radius 2 is 1.72 bits per heavy atom. The third kappa shape index (κ3) is 4.03. The van der Waals surface area contributed by atoms with Gasteiger partial charge >= 0.3 is 0 Å². The van der Waals surface area contributed by atoms with Crippen LogP contribution in [0.25, 0.3) is 10.9 Å². The third-order valence-electron chi connectivity index (χ3n) is 5.79. The Morgan fingerprint density at radius 3 is 2.41 bits per heavy atom. The molecule has 1 saturated heterocycles. The molecule has 154 valence electrons. The fraction of sp³-hybridized carbons (Fsp3) is 0.364. The molecule has 29 heavy (non-hydrogen) atoms. The lowest BCUT2D eigenvalue weighted by Gasteiger charge is -2.27. The molecule has 7 heteroatoms. The summed E-state index contributed by atoms with van der Waals surface area (Å²) in [5.41, 5.74) is 3.23. The Hall–Kier alpha value is -2.35. The van der Waals surface area contributed by atoms with Crippen molar-refractivity contribution in [1.82, 2.24) is 14.2 Å². The van der Waals surface area contributed by atoms with E-state index in [1.54, 1.807) is 24.3 Å². The predicted octanol–water partition coefficient (Wildman–Crippen LogP) is 3.34. The number of fused-ring (bicyclic) bond motifs is 1. The Balaban J connectivity index is 1.62. The quantitative estimate of drug-likeness (QED) is 0.625. The van der Waals surface area contributed by atoms with Gasteiger partial charge in [0.1, 0.15) is 0 Å². The summed E-state index contributed by atoms with van der Waals surface area (Å²) in [6, 6.07) is 15.1. The summed E-state index contributed by atoms with van der Waals surface area (Å²) in [6.45, 7) is 2.34. The Labute approximate surface area is 172 Å². The zero-order valence-electron chi connectivity index (χ0n) is 16.9. The molecule has 0 aliphatic carbocycles. The molecule has 1 atom stereocenters. The van der Waals surface area contributed by atoms with Gasteiger partial charge in [-0.2, -0.15) is 0 Å². The molecule has 6 nitrogen and oxygen atoms in total. The van der Waals surface area contributed by atoms with Gasteiger partial charge in [0.15, 0.2) is 0 Å². The molecule has 0 bridgehead atoms. The van der Waals surface area contributed by atoms with Crippen LogP contribution in [0.1, 0.15) is 24.4 Å². The van der Waals surface area contributed by atoms with Crippen molar-refractivity contribution in [2.45, 2.75) is 23.8 Å². The van der Waals surface area contributed by atoms with E-state index in [2.05, 4.69) is 37.8 Å². The summed E-state index contributed by atoms with van der Waals surface area (Å²) >= 11 is 0. The standard InChI is InChI=1S/C22H28N4O2S/c1-23-17-9-11-18(12-10-17)29(27,28)24-15-22(26-13-5-6-14-26)20-16-25(2)21-8-4-3-7-19(20)21/h3-4,7-12,16,22-24H,5-6,13-15H2,1-2H3. The van der Waals surface area contributed by atoms with Gasteiger partial charge in [-0.25, -0.2) is 13.1 Å². The smallest absolute Gasteiger partial charge is 0.240 e. The second-order valence-electron chi connectivity index (χ2n) is 7.60. The van der Waals surface area contributed by atoms with Crippen molar-refractivity contribution in [3.8, 4) is 0 Å². The van der Waals surface area contributed by atoms with E-state index in [4.69, 9.17) is 0 Å². The Morgan fingerprint density at radius 1 is 1.03 bits per heavy atom. The molecule has 1 aliphatic rings. The number of nitrogens with zero attached hydrogens (tertiary/aromatic N) is 2. The lowest BCUT2D eigenvalue weighted by atomic mass is 10.0. The number of likely N-dealkylation sites (tertiary alicyclic amines) is 1. The summed E-state index contributed by atoms with van der Waals surface area (Å²) in [5, 5.41) is 4.19. The number of para-hydroxylation sites is 1. The number of aromatic nitrogens is 1. The lowest BCUT2D eigenvalue weighted by molar-refractivity contribution is 0.247. The van der Waals surface area contributed by atoms with Gasteiger partial charge < -0.3 is 9.88 Å². The molecule has 1 fully saturated rings. The zero-order chi connectivity index (χ0) is 20.4. The first-order valence-electron chi connectivity index (χ1n) is 10.0. The van der Waals surface area contributed by atoms with E-state index in [1.165, 1.54) is 10.9 Å². The number of aryl methyl sites for hydroxylation is 1. The van der Waals surface area contributed by atoms with Crippen molar-refractivity contribution in [2.75, 3.05) is 32.0 Å². The van der Waals surface area contributed by atoms with Gasteiger partial charge in [0.2, 0.25) is 10.0 Å². The van der Waals surface area contributed by atoms with Crippen molar-refractivity contribution in [3.05, 3.63) is 60.3 Å². The molecule has 4 rings (SSSR count). The lowest BCUT2D eigenvalue weighted by Crippen LogP contribution is -2.36. The van der Waals surface area contributed by atoms with Crippen LogP contribution in [0.2, 0.25) is 0 Å². The van der Waals surface area contributed by atoms with E-state index >= 15 is 0 Å². The minimum atomic E-state index is -3.58. The van der Waals surface area contributed by atoms with Crippen LogP contribution in [-0.4, -0.2) is 44.6 Å². The highest BCUT2D eigenvalue weighted by Crippen LogP contribution is 2.32. The van der Waals surface area contributed by atoms with Crippen LogP contribution < -0.4 is 10.0 Å². The van der Waals surface area contributed by atoms with E-state index in [-0.39, 0.29) is 10.9 Å². The molecule has 3 aromatic rings. The van der Waals surface area contributed by atoms with Gasteiger partial charge in [-0.05, 0) is 61.8 Å². The summed E-state index contributed by atoms with van der Waals surface area (Å²) < 4.78 is 30.8. The molecule has 2 aromatic carbocycles. The SMILES string of the molecule is CNc1ccc(S(=O)(=O)NCC(c2cn(C)c3ccccc23)N2CCCC2)cc1. The molecular weight excluding hydrogens is 384 g/mol. The summed E-state index contributed by atoms with van der Waals surface area (Å²) in [6.07, 6.45) is 4.45. The highest BCUT2D eigenvalue weighted by atomic mass is 32.2. The highest BCUT2D eigenvalue weighted by molar-refractivity contribution is 7.89. The van der Waals surface area contributed by atoms with Crippen LogP contribution in [0.15, 0.2) is 59.6 Å². The van der Waals surface area contributed by atoms with E-state index in [1.807, 2.05) is 26.2 Å².